The fourth-order valence-electron chi connectivity index (χ4n) is 1.97. The van der Waals surface area contributed by atoms with Crippen molar-refractivity contribution in [1.29, 1.82) is 0 Å². The number of nitro benzene ring substituents is 2. The van der Waals surface area contributed by atoms with Gasteiger partial charge in [0.2, 0.25) is 11.5 Å². The molecule has 10 nitrogen and oxygen atoms in total. The molecule has 0 amide bonds. The van der Waals surface area contributed by atoms with Gasteiger partial charge < -0.3 is 9.47 Å². The lowest BCUT2D eigenvalue weighted by molar-refractivity contribution is -0.395. The second-order valence-corrected chi connectivity index (χ2v) is 3.96. The fraction of sp³-hybridized carbons (Fsp3) is 0.167. The van der Waals surface area contributed by atoms with E-state index in [1.807, 2.05) is 0 Å². The summed E-state index contributed by atoms with van der Waals surface area (Å²) in [7, 11) is 2.43. The Morgan fingerprint density at radius 2 is 1.55 bits per heavy atom. The predicted molar refractivity (Wildman–Crippen MR) is 73.9 cm³/mol. The zero-order valence-electron chi connectivity index (χ0n) is 11.5. The zero-order chi connectivity index (χ0) is 16.3. The topological polar surface area (TPSA) is 131 Å². The first-order chi connectivity index (χ1) is 10.5. The largest absolute Gasteiger partial charge is 0.490 e. The molecule has 114 valence electrons. The van der Waals surface area contributed by atoms with Crippen LogP contribution in [0.5, 0.6) is 11.5 Å². The van der Waals surface area contributed by atoms with E-state index in [-0.39, 0.29) is 22.8 Å². The molecule has 0 spiro atoms. The maximum Gasteiger partial charge on any atom is 0.318 e. The van der Waals surface area contributed by atoms with E-state index in [2.05, 4.69) is 9.97 Å². The summed E-state index contributed by atoms with van der Waals surface area (Å²) in [5.41, 5.74) is -0.965. The van der Waals surface area contributed by atoms with E-state index in [1.165, 1.54) is 32.8 Å². The Morgan fingerprint density at radius 1 is 1.00 bits per heavy atom. The lowest BCUT2D eigenvalue weighted by Crippen LogP contribution is -2.03. The average molecular weight is 306 g/mol. The molecule has 0 bridgehead atoms. The fourth-order valence-corrected chi connectivity index (χ4v) is 1.97. The molecule has 0 aliphatic rings. The van der Waals surface area contributed by atoms with Gasteiger partial charge in [-0.1, -0.05) is 0 Å². The number of rotatable bonds is 5. The lowest BCUT2D eigenvalue weighted by Gasteiger charge is -2.12. The van der Waals surface area contributed by atoms with Gasteiger partial charge in [0.1, 0.15) is 11.6 Å². The Hall–Kier alpha value is -3.30. The van der Waals surface area contributed by atoms with Crippen LogP contribution in [0.2, 0.25) is 0 Å². The van der Waals surface area contributed by atoms with Crippen molar-refractivity contribution >= 4 is 11.4 Å². The van der Waals surface area contributed by atoms with Gasteiger partial charge in [-0.05, 0) is 0 Å². The monoisotopic (exact) mass is 306 g/mol. The molecule has 2 aromatic rings. The molecule has 0 unspecified atom stereocenters. The lowest BCUT2D eigenvalue weighted by atomic mass is 10.1. The van der Waals surface area contributed by atoms with Crippen molar-refractivity contribution in [2.45, 2.75) is 0 Å². The minimum atomic E-state index is -0.773. The Labute approximate surface area is 123 Å². The van der Waals surface area contributed by atoms with Gasteiger partial charge in [-0.15, -0.1) is 0 Å². The number of hydrogen-bond acceptors (Lipinski definition) is 8. The van der Waals surface area contributed by atoms with Gasteiger partial charge in [0.05, 0.1) is 36.0 Å². The second kappa shape index (κ2) is 5.99. The highest BCUT2D eigenvalue weighted by molar-refractivity contribution is 5.84. The average Bonchev–Trinajstić information content (AvgIpc) is 2.53. The molecule has 1 aromatic heterocycles. The van der Waals surface area contributed by atoms with Crippen molar-refractivity contribution in [1.82, 2.24) is 9.97 Å². The molecule has 0 saturated carbocycles. The summed E-state index contributed by atoms with van der Waals surface area (Å²) in [6.07, 6.45) is 4.04. The molecule has 0 saturated heterocycles. The van der Waals surface area contributed by atoms with Crippen molar-refractivity contribution in [2.75, 3.05) is 14.2 Å². The van der Waals surface area contributed by atoms with Gasteiger partial charge in [0.25, 0.3) is 0 Å². The first-order valence-corrected chi connectivity index (χ1v) is 5.85. The summed E-state index contributed by atoms with van der Waals surface area (Å²) in [6, 6.07) is 0.789. The number of aromatic nitrogens is 2. The Balaban J connectivity index is 2.94. The molecule has 1 aromatic carbocycles. The molecule has 10 heteroatoms. The molecule has 22 heavy (non-hydrogen) atoms. The van der Waals surface area contributed by atoms with E-state index in [4.69, 9.17) is 9.47 Å². The van der Waals surface area contributed by atoms with Gasteiger partial charge in [0.15, 0.2) is 0 Å². The molecule has 0 radical (unpaired) electrons. The molecular weight excluding hydrogens is 296 g/mol. The summed E-state index contributed by atoms with van der Waals surface area (Å²) in [5, 5.41) is 22.3. The van der Waals surface area contributed by atoms with Crippen LogP contribution in [0.25, 0.3) is 11.3 Å². The Bertz CT molecular complexity index is 694. The molecule has 0 N–H and O–H groups in total. The quantitative estimate of drug-likeness (QED) is 0.605. The Kier molecular flexibility index (Phi) is 4.11. The van der Waals surface area contributed by atoms with Gasteiger partial charge >= 0.3 is 11.4 Å². The van der Waals surface area contributed by atoms with Crippen LogP contribution in [0.1, 0.15) is 0 Å². The van der Waals surface area contributed by atoms with Gasteiger partial charge in [0, 0.05) is 12.4 Å². The van der Waals surface area contributed by atoms with E-state index >= 15 is 0 Å². The van der Waals surface area contributed by atoms with Crippen LogP contribution in [0, 0.1) is 20.2 Å². The smallest absolute Gasteiger partial charge is 0.318 e. The van der Waals surface area contributed by atoms with E-state index in [9.17, 15) is 20.2 Å². The standard InChI is InChI=1S/C12H10N4O6/c1-21-11-8(15(17)18)5-9(16(19)20)12(22-2)10(11)7-6-13-3-4-14-7/h3-6H,1-2H3. The summed E-state index contributed by atoms with van der Waals surface area (Å²) in [4.78, 5) is 28.6. The highest BCUT2D eigenvalue weighted by Crippen LogP contribution is 2.48. The van der Waals surface area contributed by atoms with Crippen molar-refractivity contribution in [3.63, 3.8) is 0 Å². The van der Waals surface area contributed by atoms with E-state index in [1.54, 1.807) is 0 Å². The normalized spacial score (nSPS) is 10.1. The second-order valence-electron chi connectivity index (χ2n) is 3.96. The summed E-state index contributed by atoms with van der Waals surface area (Å²) < 4.78 is 10.1. The van der Waals surface area contributed by atoms with E-state index in [0.717, 1.165) is 6.07 Å². The van der Waals surface area contributed by atoms with E-state index < -0.39 is 21.2 Å². The summed E-state index contributed by atoms with van der Waals surface area (Å²) in [5.74, 6) is -0.374. The van der Waals surface area contributed by atoms with Crippen molar-refractivity contribution in [3.8, 4) is 22.8 Å². The SMILES string of the molecule is COc1c([N+](=O)[O-])cc([N+](=O)[O-])c(OC)c1-c1cnccn1. The van der Waals surface area contributed by atoms with Crippen molar-refractivity contribution < 1.29 is 19.3 Å². The summed E-state index contributed by atoms with van der Waals surface area (Å²) >= 11 is 0. The predicted octanol–water partition coefficient (Wildman–Crippen LogP) is 1.98. The van der Waals surface area contributed by atoms with E-state index in [0.29, 0.717) is 0 Å². The summed E-state index contributed by atoms with van der Waals surface area (Å²) in [6.45, 7) is 0. The number of nitro groups is 2. The third-order valence-electron chi connectivity index (χ3n) is 2.81. The highest BCUT2D eigenvalue weighted by atomic mass is 16.6. The third-order valence-corrected chi connectivity index (χ3v) is 2.81. The number of methoxy groups -OCH3 is 2. The minimum absolute atomic E-state index is 0.000926. The Morgan fingerprint density at radius 3 is 1.91 bits per heavy atom. The van der Waals surface area contributed by atoms with Gasteiger partial charge in [-0.25, -0.2) is 0 Å². The van der Waals surface area contributed by atoms with Crippen molar-refractivity contribution in [2.24, 2.45) is 0 Å². The van der Waals surface area contributed by atoms with Crippen LogP contribution in [0.3, 0.4) is 0 Å². The molecule has 0 aliphatic heterocycles. The first kappa shape index (κ1) is 15.1. The van der Waals surface area contributed by atoms with Crippen LogP contribution in [-0.4, -0.2) is 34.0 Å². The molecule has 1 heterocycles. The molecule has 0 atom stereocenters. The first-order valence-electron chi connectivity index (χ1n) is 5.85. The van der Waals surface area contributed by atoms with Gasteiger partial charge in [-0.3, -0.25) is 30.2 Å². The maximum absolute atomic E-state index is 11.2. The van der Waals surface area contributed by atoms with Crippen LogP contribution < -0.4 is 9.47 Å². The number of benzene rings is 1. The van der Waals surface area contributed by atoms with Crippen LogP contribution in [0.15, 0.2) is 24.7 Å². The van der Waals surface area contributed by atoms with Gasteiger partial charge in [-0.2, -0.15) is 0 Å². The highest BCUT2D eigenvalue weighted by Gasteiger charge is 2.33. The molecule has 2 rings (SSSR count). The minimum Gasteiger partial charge on any atom is -0.490 e. The number of nitrogens with zero attached hydrogens (tertiary/aromatic N) is 4. The van der Waals surface area contributed by atoms with Crippen LogP contribution in [-0.2, 0) is 0 Å². The maximum atomic E-state index is 11.2. The van der Waals surface area contributed by atoms with Crippen LogP contribution in [0.4, 0.5) is 11.4 Å². The molecule has 0 fully saturated rings. The zero-order valence-corrected chi connectivity index (χ0v) is 11.5. The molecule has 0 aliphatic carbocycles. The van der Waals surface area contributed by atoms with Crippen molar-refractivity contribution in [3.05, 3.63) is 44.9 Å². The number of hydrogen-bond donors (Lipinski definition) is 0. The third kappa shape index (κ3) is 2.49. The number of ether oxygens (including phenoxy) is 2. The molecular formula is C12H10N4O6. The van der Waals surface area contributed by atoms with Crippen LogP contribution >= 0.6 is 0 Å².